The van der Waals surface area contributed by atoms with Crippen molar-refractivity contribution in [1.29, 1.82) is 0 Å². The molecule has 0 aromatic carbocycles. The number of hydrogen-bond acceptors (Lipinski definition) is 4. The Hall–Kier alpha value is -1.40. The van der Waals surface area contributed by atoms with Gasteiger partial charge in [-0.15, -0.1) is 0 Å². The van der Waals surface area contributed by atoms with Gasteiger partial charge >= 0.3 is 0 Å². The van der Waals surface area contributed by atoms with Crippen LogP contribution in [0.4, 0.5) is 0 Å². The maximum atomic E-state index is 13.0. The Morgan fingerprint density at radius 2 is 2.29 bits per heavy atom. The van der Waals surface area contributed by atoms with E-state index in [0.717, 1.165) is 50.6 Å². The predicted molar refractivity (Wildman–Crippen MR) is 90.5 cm³/mol. The highest BCUT2D eigenvalue weighted by Gasteiger charge is 2.41. The fraction of sp³-hybridized carbons (Fsp3) is 0.778. The average molecular weight is 335 g/mol. The number of hydrogen-bond donors (Lipinski definition) is 1. The summed E-state index contributed by atoms with van der Waals surface area (Å²) in [6, 6.07) is 0.172. The van der Waals surface area contributed by atoms with E-state index in [2.05, 4.69) is 10.3 Å². The van der Waals surface area contributed by atoms with Crippen molar-refractivity contribution in [3.05, 3.63) is 18.2 Å². The van der Waals surface area contributed by atoms with Gasteiger partial charge in [0.25, 0.3) is 0 Å². The maximum absolute atomic E-state index is 13.0. The Morgan fingerprint density at radius 3 is 2.96 bits per heavy atom. The molecule has 2 fully saturated rings. The highest BCUT2D eigenvalue weighted by atomic mass is 16.5. The summed E-state index contributed by atoms with van der Waals surface area (Å²) in [5.41, 5.74) is 0.847. The number of methoxy groups -OCH3 is 1. The van der Waals surface area contributed by atoms with Crippen molar-refractivity contribution in [2.75, 3.05) is 20.3 Å². The summed E-state index contributed by atoms with van der Waals surface area (Å²) < 4.78 is 13.1. The smallest absolute Gasteiger partial charge is 0.226 e. The third kappa shape index (κ3) is 3.64. The normalized spacial score (nSPS) is 26.4. The van der Waals surface area contributed by atoms with E-state index in [9.17, 15) is 4.79 Å². The molecule has 2 aliphatic rings. The van der Waals surface area contributed by atoms with Gasteiger partial charge in [-0.2, -0.15) is 0 Å². The van der Waals surface area contributed by atoms with E-state index in [1.54, 1.807) is 13.4 Å². The van der Waals surface area contributed by atoms with Gasteiger partial charge in [-0.05, 0) is 32.1 Å². The van der Waals surface area contributed by atoms with Crippen molar-refractivity contribution in [2.24, 2.45) is 12.5 Å². The van der Waals surface area contributed by atoms with Crippen LogP contribution in [0.2, 0.25) is 0 Å². The molecule has 1 aromatic heterocycles. The Morgan fingerprint density at radius 1 is 1.50 bits per heavy atom. The molecule has 0 unspecified atom stereocenters. The minimum absolute atomic E-state index is 0.00931. The van der Waals surface area contributed by atoms with E-state index in [1.165, 1.54) is 0 Å². The first-order valence-electron chi connectivity index (χ1n) is 9.02. The molecular formula is C18H29N3O3. The summed E-state index contributed by atoms with van der Waals surface area (Å²) in [6.45, 7) is 1.32. The van der Waals surface area contributed by atoms with Crippen molar-refractivity contribution in [2.45, 2.75) is 57.1 Å². The lowest BCUT2D eigenvalue weighted by atomic mass is 9.81. The molecule has 0 spiro atoms. The quantitative estimate of drug-likeness (QED) is 0.867. The summed E-state index contributed by atoms with van der Waals surface area (Å²) in [5.74, 6) is 0.215. The van der Waals surface area contributed by atoms with Crippen LogP contribution in [0.15, 0.2) is 12.5 Å². The number of amides is 1. The van der Waals surface area contributed by atoms with Gasteiger partial charge < -0.3 is 19.4 Å². The van der Waals surface area contributed by atoms with Gasteiger partial charge in [0, 0.05) is 33.4 Å². The van der Waals surface area contributed by atoms with Crippen LogP contribution in [-0.4, -0.2) is 41.8 Å². The predicted octanol–water partition coefficient (Wildman–Crippen LogP) is 2.35. The van der Waals surface area contributed by atoms with Crippen molar-refractivity contribution in [3.63, 3.8) is 0 Å². The SMILES string of the molecule is COCCC1(C(=O)N[C@@H]2CCO[C@H](c3cncn3C)C2)CCCC1. The minimum Gasteiger partial charge on any atom is -0.385 e. The lowest BCUT2D eigenvalue weighted by molar-refractivity contribution is -0.133. The van der Waals surface area contributed by atoms with Gasteiger partial charge in [-0.25, -0.2) is 4.98 Å². The van der Waals surface area contributed by atoms with Crippen LogP contribution in [-0.2, 0) is 21.3 Å². The van der Waals surface area contributed by atoms with Crippen molar-refractivity contribution in [1.82, 2.24) is 14.9 Å². The molecule has 0 bridgehead atoms. The van der Waals surface area contributed by atoms with Crippen LogP contribution >= 0.6 is 0 Å². The minimum atomic E-state index is -0.226. The number of imidazole rings is 1. The van der Waals surface area contributed by atoms with Crippen LogP contribution in [0.1, 0.15) is 56.7 Å². The molecule has 1 N–H and O–H groups in total. The van der Waals surface area contributed by atoms with Crippen LogP contribution < -0.4 is 5.32 Å². The largest absolute Gasteiger partial charge is 0.385 e. The summed E-state index contributed by atoms with van der Waals surface area (Å²) in [5, 5.41) is 3.32. The van der Waals surface area contributed by atoms with E-state index in [-0.39, 0.29) is 23.5 Å². The first-order chi connectivity index (χ1) is 11.6. The van der Waals surface area contributed by atoms with E-state index in [4.69, 9.17) is 9.47 Å². The zero-order chi connectivity index (χ0) is 17.0. The summed E-state index contributed by atoms with van der Waals surface area (Å²) in [4.78, 5) is 17.1. The van der Waals surface area contributed by atoms with E-state index < -0.39 is 0 Å². The molecule has 24 heavy (non-hydrogen) atoms. The van der Waals surface area contributed by atoms with Gasteiger partial charge in [0.15, 0.2) is 0 Å². The molecule has 2 atom stereocenters. The zero-order valence-corrected chi connectivity index (χ0v) is 14.8. The number of ether oxygens (including phenoxy) is 2. The van der Waals surface area contributed by atoms with Crippen LogP contribution in [0.3, 0.4) is 0 Å². The van der Waals surface area contributed by atoms with Crippen LogP contribution in [0.5, 0.6) is 0 Å². The molecule has 3 rings (SSSR count). The second-order valence-corrected chi connectivity index (χ2v) is 7.21. The van der Waals surface area contributed by atoms with Crippen LogP contribution in [0, 0.1) is 5.41 Å². The molecule has 1 saturated heterocycles. The number of rotatable bonds is 6. The first-order valence-corrected chi connectivity index (χ1v) is 9.02. The number of carbonyl (C=O) groups excluding carboxylic acids is 1. The fourth-order valence-electron chi connectivity index (χ4n) is 4.09. The standard InChI is InChI=1S/C18H29N3O3/c1-21-13-19-12-15(21)16-11-14(5-9-24-16)20-17(22)18(8-10-23-2)6-3-4-7-18/h12-14,16H,3-11H2,1-2H3,(H,20,22)/t14-,16+/m1/s1. The molecular weight excluding hydrogens is 306 g/mol. The van der Waals surface area contributed by atoms with Gasteiger partial charge in [-0.3, -0.25) is 4.79 Å². The summed E-state index contributed by atoms with van der Waals surface area (Å²) in [7, 11) is 3.68. The number of nitrogens with zero attached hydrogens (tertiary/aromatic N) is 2. The maximum Gasteiger partial charge on any atom is 0.226 e. The molecule has 1 saturated carbocycles. The zero-order valence-electron chi connectivity index (χ0n) is 14.8. The molecule has 1 aliphatic heterocycles. The molecule has 134 valence electrons. The lowest BCUT2D eigenvalue weighted by Crippen LogP contribution is -2.47. The number of aryl methyl sites for hydroxylation is 1. The average Bonchev–Trinajstić information content (AvgIpc) is 3.23. The first kappa shape index (κ1) is 17.4. The monoisotopic (exact) mass is 335 g/mol. The number of carbonyl (C=O) groups is 1. The Labute approximate surface area is 143 Å². The van der Waals surface area contributed by atoms with Gasteiger partial charge in [0.1, 0.15) is 6.10 Å². The van der Waals surface area contributed by atoms with Crippen molar-refractivity contribution >= 4 is 5.91 Å². The second-order valence-electron chi connectivity index (χ2n) is 7.21. The molecule has 6 nitrogen and oxygen atoms in total. The van der Waals surface area contributed by atoms with Gasteiger partial charge in [0.05, 0.1) is 23.6 Å². The van der Waals surface area contributed by atoms with E-state index in [1.807, 2.05) is 17.8 Å². The number of aromatic nitrogens is 2. The molecule has 2 heterocycles. The Balaban J connectivity index is 1.62. The van der Waals surface area contributed by atoms with Crippen molar-refractivity contribution < 1.29 is 14.3 Å². The summed E-state index contributed by atoms with van der Waals surface area (Å²) in [6.07, 6.45) is 10.4. The Kier molecular flexibility index (Phi) is 5.56. The van der Waals surface area contributed by atoms with Crippen LogP contribution in [0.25, 0.3) is 0 Å². The Bertz CT molecular complexity index is 551. The third-order valence-electron chi connectivity index (χ3n) is 5.63. The highest BCUT2D eigenvalue weighted by Crippen LogP contribution is 2.41. The summed E-state index contributed by atoms with van der Waals surface area (Å²) >= 11 is 0. The molecule has 0 radical (unpaired) electrons. The van der Waals surface area contributed by atoms with Gasteiger partial charge in [0.2, 0.25) is 5.91 Å². The highest BCUT2D eigenvalue weighted by molar-refractivity contribution is 5.83. The second kappa shape index (κ2) is 7.66. The lowest BCUT2D eigenvalue weighted by Gasteiger charge is -2.34. The van der Waals surface area contributed by atoms with Crippen molar-refractivity contribution in [3.8, 4) is 0 Å². The number of nitrogens with one attached hydrogen (secondary N) is 1. The molecule has 1 amide bonds. The van der Waals surface area contributed by atoms with E-state index in [0.29, 0.717) is 13.2 Å². The molecule has 6 heteroatoms. The van der Waals surface area contributed by atoms with E-state index >= 15 is 0 Å². The third-order valence-corrected chi connectivity index (χ3v) is 5.63. The molecule has 1 aliphatic carbocycles. The molecule has 1 aromatic rings. The fourth-order valence-corrected chi connectivity index (χ4v) is 4.09. The topological polar surface area (TPSA) is 65.4 Å². The van der Waals surface area contributed by atoms with Gasteiger partial charge in [-0.1, -0.05) is 12.8 Å².